The van der Waals surface area contributed by atoms with Gasteiger partial charge in [-0.25, -0.2) is 0 Å². The third-order valence-electron chi connectivity index (χ3n) is 2.14. The van der Waals surface area contributed by atoms with E-state index in [4.69, 9.17) is 0 Å². The number of rotatable bonds is 6. The Bertz CT molecular complexity index is 281. The molecule has 0 aliphatic rings. The number of amides is 1. The van der Waals surface area contributed by atoms with E-state index in [-0.39, 0.29) is 5.91 Å². The van der Waals surface area contributed by atoms with Gasteiger partial charge in [-0.1, -0.05) is 22.9 Å². The zero-order chi connectivity index (χ0) is 11.1. The summed E-state index contributed by atoms with van der Waals surface area (Å²) in [6, 6.07) is 2.01. The van der Waals surface area contributed by atoms with Gasteiger partial charge in [0.15, 0.2) is 0 Å². The predicted molar refractivity (Wildman–Crippen MR) is 68.7 cm³/mol. The molecule has 15 heavy (non-hydrogen) atoms. The molecule has 0 N–H and O–H groups in total. The van der Waals surface area contributed by atoms with E-state index in [1.165, 1.54) is 0 Å². The molecule has 0 fully saturated rings. The maximum absolute atomic E-state index is 11.9. The molecule has 0 aliphatic carbocycles. The van der Waals surface area contributed by atoms with Crippen LogP contribution in [0.2, 0.25) is 0 Å². The quantitative estimate of drug-likeness (QED) is 0.738. The van der Waals surface area contributed by atoms with Gasteiger partial charge in [0, 0.05) is 18.4 Å². The standard InChI is InChI=1S/C11H16BrNOS/c1-2-5-13(6-4-12)11(14)8-10-3-7-15-9-10/h3,7,9H,2,4-6,8H2,1H3. The van der Waals surface area contributed by atoms with E-state index < -0.39 is 0 Å². The molecule has 0 radical (unpaired) electrons. The van der Waals surface area contributed by atoms with E-state index in [0.717, 1.165) is 30.4 Å². The van der Waals surface area contributed by atoms with Crippen LogP contribution in [0.4, 0.5) is 0 Å². The van der Waals surface area contributed by atoms with Crippen molar-refractivity contribution >= 4 is 33.2 Å². The molecule has 1 rings (SSSR count). The number of hydrogen-bond acceptors (Lipinski definition) is 2. The fourth-order valence-electron chi connectivity index (χ4n) is 1.41. The van der Waals surface area contributed by atoms with Gasteiger partial charge in [-0.2, -0.15) is 11.3 Å². The summed E-state index contributed by atoms with van der Waals surface area (Å²) in [6.07, 6.45) is 1.55. The molecule has 0 atom stereocenters. The monoisotopic (exact) mass is 289 g/mol. The molecule has 0 bridgehead atoms. The molecule has 1 aromatic rings. The second kappa shape index (κ2) is 7.01. The number of hydrogen-bond donors (Lipinski definition) is 0. The Labute approximate surface area is 103 Å². The zero-order valence-corrected chi connectivity index (χ0v) is 11.3. The van der Waals surface area contributed by atoms with Crippen molar-refractivity contribution < 1.29 is 4.79 Å². The Kier molecular flexibility index (Phi) is 5.95. The Morgan fingerprint density at radius 2 is 2.33 bits per heavy atom. The number of carbonyl (C=O) groups is 1. The first kappa shape index (κ1) is 12.7. The van der Waals surface area contributed by atoms with Gasteiger partial charge in [0.1, 0.15) is 0 Å². The third kappa shape index (κ3) is 4.34. The van der Waals surface area contributed by atoms with Gasteiger partial charge in [0.2, 0.25) is 5.91 Å². The van der Waals surface area contributed by atoms with Crippen LogP contribution in [0, 0.1) is 0 Å². The van der Waals surface area contributed by atoms with Gasteiger partial charge in [-0.3, -0.25) is 4.79 Å². The van der Waals surface area contributed by atoms with E-state index >= 15 is 0 Å². The molecule has 1 heterocycles. The van der Waals surface area contributed by atoms with Crippen LogP contribution in [-0.2, 0) is 11.2 Å². The summed E-state index contributed by atoms with van der Waals surface area (Å²) in [5, 5.41) is 4.90. The van der Waals surface area contributed by atoms with Crippen LogP contribution in [0.3, 0.4) is 0 Å². The normalized spacial score (nSPS) is 10.3. The largest absolute Gasteiger partial charge is 0.342 e. The summed E-state index contributed by atoms with van der Waals surface area (Å²) >= 11 is 5.01. The first-order valence-corrected chi connectivity index (χ1v) is 7.19. The van der Waals surface area contributed by atoms with Gasteiger partial charge in [0.25, 0.3) is 0 Å². The Balaban J connectivity index is 2.48. The summed E-state index contributed by atoms with van der Waals surface area (Å²) < 4.78 is 0. The van der Waals surface area contributed by atoms with Crippen molar-refractivity contribution in [2.45, 2.75) is 19.8 Å². The summed E-state index contributed by atoms with van der Waals surface area (Å²) in [4.78, 5) is 13.8. The highest BCUT2D eigenvalue weighted by Crippen LogP contribution is 2.08. The van der Waals surface area contributed by atoms with Gasteiger partial charge in [-0.05, 0) is 28.8 Å². The van der Waals surface area contributed by atoms with E-state index in [1.807, 2.05) is 21.7 Å². The summed E-state index contributed by atoms with van der Waals surface area (Å²) in [7, 11) is 0. The van der Waals surface area contributed by atoms with Crippen molar-refractivity contribution in [1.29, 1.82) is 0 Å². The van der Waals surface area contributed by atoms with Crippen LogP contribution in [0.1, 0.15) is 18.9 Å². The number of carbonyl (C=O) groups excluding carboxylic acids is 1. The lowest BCUT2D eigenvalue weighted by Crippen LogP contribution is -2.34. The minimum Gasteiger partial charge on any atom is -0.342 e. The van der Waals surface area contributed by atoms with Crippen LogP contribution < -0.4 is 0 Å². The zero-order valence-electron chi connectivity index (χ0n) is 8.91. The maximum atomic E-state index is 11.9. The van der Waals surface area contributed by atoms with Gasteiger partial charge in [-0.15, -0.1) is 0 Å². The summed E-state index contributed by atoms with van der Waals surface area (Å²) in [5.74, 6) is 0.231. The smallest absolute Gasteiger partial charge is 0.227 e. The summed E-state index contributed by atoms with van der Waals surface area (Å²) in [5.41, 5.74) is 1.13. The lowest BCUT2D eigenvalue weighted by molar-refractivity contribution is -0.130. The molecule has 84 valence electrons. The van der Waals surface area contributed by atoms with Gasteiger partial charge in [0.05, 0.1) is 6.42 Å². The van der Waals surface area contributed by atoms with Crippen LogP contribution in [0.15, 0.2) is 16.8 Å². The van der Waals surface area contributed by atoms with Crippen LogP contribution >= 0.6 is 27.3 Å². The van der Waals surface area contributed by atoms with Crippen LogP contribution in [0.5, 0.6) is 0 Å². The fourth-order valence-corrected chi connectivity index (χ4v) is 2.51. The van der Waals surface area contributed by atoms with Gasteiger partial charge < -0.3 is 4.90 Å². The van der Waals surface area contributed by atoms with E-state index in [1.54, 1.807) is 11.3 Å². The maximum Gasteiger partial charge on any atom is 0.227 e. The molecule has 1 aromatic heterocycles. The molecule has 0 spiro atoms. The molecule has 0 saturated carbocycles. The molecule has 1 amide bonds. The van der Waals surface area contributed by atoms with Crippen LogP contribution in [0.25, 0.3) is 0 Å². The topological polar surface area (TPSA) is 20.3 Å². The lowest BCUT2D eigenvalue weighted by atomic mass is 10.2. The Morgan fingerprint density at radius 1 is 1.53 bits per heavy atom. The highest BCUT2D eigenvalue weighted by atomic mass is 79.9. The first-order valence-electron chi connectivity index (χ1n) is 5.12. The molecular weight excluding hydrogens is 274 g/mol. The van der Waals surface area contributed by atoms with Crippen molar-refractivity contribution in [3.63, 3.8) is 0 Å². The Morgan fingerprint density at radius 3 is 2.87 bits per heavy atom. The minimum atomic E-state index is 0.231. The summed E-state index contributed by atoms with van der Waals surface area (Å²) in [6.45, 7) is 3.75. The number of thiophene rings is 1. The molecular formula is C11H16BrNOS. The second-order valence-electron chi connectivity index (χ2n) is 3.38. The average molecular weight is 290 g/mol. The fraction of sp³-hybridized carbons (Fsp3) is 0.545. The highest BCUT2D eigenvalue weighted by Gasteiger charge is 2.12. The molecule has 0 aliphatic heterocycles. The molecule has 2 nitrogen and oxygen atoms in total. The van der Waals surface area contributed by atoms with Crippen molar-refractivity contribution in [1.82, 2.24) is 4.90 Å². The molecule has 0 unspecified atom stereocenters. The van der Waals surface area contributed by atoms with Crippen molar-refractivity contribution in [3.8, 4) is 0 Å². The number of halogens is 1. The minimum absolute atomic E-state index is 0.231. The van der Waals surface area contributed by atoms with Crippen molar-refractivity contribution in [3.05, 3.63) is 22.4 Å². The second-order valence-corrected chi connectivity index (χ2v) is 4.95. The van der Waals surface area contributed by atoms with Crippen LogP contribution in [-0.4, -0.2) is 29.2 Å². The Hall–Kier alpha value is -0.350. The van der Waals surface area contributed by atoms with E-state index in [2.05, 4.69) is 22.9 Å². The first-order chi connectivity index (χ1) is 7.27. The number of nitrogens with zero attached hydrogens (tertiary/aromatic N) is 1. The van der Waals surface area contributed by atoms with Gasteiger partial charge >= 0.3 is 0 Å². The molecule has 4 heteroatoms. The van der Waals surface area contributed by atoms with Crippen molar-refractivity contribution in [2.24, 2.45) is 0 Å². The predicted octanol–water partition coefficient (Wildman–Crippen LogP) is 2.92. The third-order valence-corrected chi connectivity index (χ3v) is 3.22. The van der Waals surface area contributed by atoms with E-state index in [9.17, 15) is 4.79 Å². The average Bonchev–Trinajstić information content (AvgIpc) is 2.70. The number of alkyl halides is 1. The highest BCUT2D eigenvalue weighted by molar-refractivity contribution is 9.09. The van der Waals surface area contributed by atoms with Crippen molar-refractivity contribution in [2.75, 3.05) is 18.4 Å². The molecule has 0 aromatic carbocycles. The van der Waals surface area contributed by atoms with E-state index in [0.29, 0.717) is 6.42 Å². The lowest BCUT2D eigenvalue weighted by Gasteiger charge is -2.20. The molecule has 0 saturated heterocycles. The SMILES string of the molecule is CCCN(CCBr)C(=O)Cc1ccsc1.